The third kappa shape index (κ3) is 4.62. The van der Waals surface area contributed by atoms with E-state index in [1.165, 1.54) is 7.11 Å². The zero-order valence-corrected chi connectivity index (χ0v) is 19.0. The molecule has 160 valence electrons. The number of ether oxygens (including phenoxy) is 1. The Balaban J connectivity index is 1.97. The van der Waals surface area contributed by atoms with Gasteiger partial charge in [0.25, 0.3) is 11.8 Å². The molecule has 0 atom stereocenters. The van der Waals surface area contributed by atoms with Crippen LogP contribution in [0.2, 0.25) is 5.02 Å². The second-order valence-corrected chi connectivity index (χ2v) is 8.32. The van der Waals surface area contributed by atoms with E-state index in [4.69, 9.17) is 16.3 Å². The molecule has 0 radical (unpaired) electrons. The van der Waals surface area contributed by atoms with Crippen molar-refractivity contribution >= 4 is 51.4 Å². The highest BCUT2D eigenvalue weighted by molar-refractivity contribution is 7.19. The van der Waals surface area contributed by atoms with Gasteiger partial charge in [0.05, 0.1) is 28.1 Å². The molecule has 0 fully saturated rings. The molecule has 0 unspecified atom stereocenters. The summed E-state index contributed by atoms with van der Waals surface area (Å²) >= 11 is 7.11. The molecule has 8 heteroatoms. The van der Waals surface area contributed by atoms with Crippen molar-refractivity contribution in [3.8, 4) is 0 Å². The highest BCUT2D eigenvalue weighted by Gasteiger charge is 2.27. The van der Waals surface area contributed by atoms with Gasteiger partial charge in [-0.05, 0) is 55.7 Å². The average molecular weight is 457 g/mol. The lowest BCUT2D eigenvalue weighted by Crippen LogP contribution is -2.15. The quantitative estimate of drug-likeness (QED) is 0.488. The SMILES string of the molecule is COC(=O)c1c(NC(=O)c2ccccc2Cl)sc(C(=O)Nc2cccc(C)c2C)c1C. The lowest BCUT2D eigenvalue weighted by atomic mass is 10.1. The molecule has 1 aromatic heterocycles. The number of nitrogens with one attached hydrogen (secondary N) is 2. The predicted octanol–water partition coefficient (Wildman–Crippen LogP) is 5.62. The Labute approximate surface area is 189 Å². The summed E-state index contributed by atoms with van der Waals surface area (Å²) in [5, 5.41) is 6.08. The molecule has 0 saturated carbocycles. The zero-order chi connectivity index (χ0) is 22.7. The minimum Gasteiger partial charge on any atom is -0.465 e. The summed E-state index contributed by atoms with van der Waals surface area (Å²) in [5.41, 5.74) is 3.49. The fourth-order valence-corrected chi connectivity index (χ4v) is 4.35. The molecule has 0 saturated heterocycles. The number of esters is 1. The Morgan fingerprint density at radius 1 is 0.903 bits per heavy atom. The van der Waals surface area contributed by atoms with Crippen molar-refractivity contribution < 1.29 is 19.1 Å². The van der Waals surface area contributed by atoms with Gasteiger partial charge in [-0.25, -0.2) is 4.79 Å². The van der Waals surface area contributed by atoms with E-state index >= 15 is 0 Å². The first kappa shape index (κ1) is 22.5. The van der Waals surface area contributed by atoms with Crippen LogP contribution in [0, 0.1) is 20.8 Å². The van der Waals surface area contributed by atoms with E-state index in [1.807, 2.05) is 32.0 Å². The van der Waals surface area contributed by atoms with Gasteiger partial charge >= 0.3 is 5.97 Å². The van der Waals surface area contributed by atoms with Crippen LogP contribution in [-0.2, 0) is 4.74 Å². The van der Waals surface area contributed by atoms with E-state index in [0.29, 0.717) is 16.1 Å². The number of aryl methyl sites for hydroxylation is 1. The highest BCUT2D eigenvalue weighted by atomic mass is 35.5. The summed E-state index contributed by atoms with van der Waals surface area (Å²) < 4.78 is 4.87. The Morgan fingerprint density at radius 2 is 1.61 bits per heavy atom. The lowest BCUT2D eigenvalue weighted by molar-refractivity contribution is 0.0601. The van der Waals surface area contributed by atoms with Crippen LogP contribution in [0.3, 0.4) is 0 Å². The van der Waals surface area contributed by atoms with Crippen LogP contribution in [0.25, 0.3) is 0 Å². The molecule has 2 N–H and O–H groups in total. The fraction of sp³-hybridized carbons (Fsp3) is 0.174. The average Bonchev–Trinajstić information content (AvgIpc) is 3.07. The first-order chi connectivity index (χ1) is 14.7. The lowest BCUT2D eigenvalue weighted by Gasteiger charge is -2.10. The van der Waals surface area contributed by atoms with Crippen LogP contribution in [0.5, 0.6) is 0 Å². The Bertz CT molecular complexity index is 1190. The third-order valence-corrected chi connectivity index (χ3v) is 6.48. The standard InChI is InChI=1S/C23H21ClN2O4S/c1-12-8-7-11-17(13(12)2)25-21(28)19-14(3)18(23(29)30-4)22(31-19)26-20(27)15-9-5-6-10-16(15)24/h5-11H,1-4H3,(H,25,28)(H,26,27). The number of rotatable bonds is 5. The summed E-state index contributed by atoms with van der Waals surface area (Å²) in [6.45, 7) is 5.52. The number of halogens is 1. The van der Waals surface area contributed by atoms with Crippen molar-refractivity contribution in [3.63, 3.8) is 0 Å². The summed E-state index contributed by atoms with van der Waals surface area (Å²) in [6, 6.07) is 12.2. The monoisotopic (exact) mass is 456 g/mol. The zero-order valence-electron chi connectivity index (χ0n) is 17.5. The van der Waals surface area contributed by atoms with Gasteiger partial charge < -0.3 is 15.4 Å². The number of methoxy groups -OCH3 is 1. The maximum atomic E-state index is 13.0. The molecule has 2 aromatic carbocycles. The van der Waals surface area contributed by atoms with Crippen molar-refractivity contribution in [2.75, 3.05) is 17.7 Å². The first-order valence-electron chi connectivity index (χ1n) is 9.39. The fourth-order valence-electron chi connectivity index (χ4n) is 3.05. The minimum atomic E-state index is -0.644. The van der Waals surface area contributed by atoms with Crippen molar-refractivity contribution in [3.05, 3.63) is 80.2 Å². The molecule has 1 heterocycles. The summed E-state index contributed by atoms with van der Waals surface area (Å²) in [5.74, 6) is -1.51. The number of thiophene rings is 1. The number of carbonyl (C=O) groups excluding carboxylic acids is 3. The molecule has 3 aromatic rings. The molecular weight excluding hydrogens is 436 g/mol. The van der Waals surface area contributed by atoms with Gasteiger partial charge in [0.15, 0.2) is 0 Å². The van der Waals surface area contributed by atoms with Crippen molar-refractivity contribution in [1.82, 2.24) is 0 Å². The number of anilines is 2. The molecular formula is C23H21ClN2O4S. The molecule has 0 aliphatic heterocycles. The summed E-state index contributed by atoms with van der Waals surface area (Å²) in [6.07, 6.45) is 0. The van der Waals surface area contributed by atoms with E-state index < -0.39 is 11.9 Å². The van der Waals surface area contributed by atoms with Gasteiger partial charge in [0, 0.05) is 5.69 Å². The van der Waals surface area contributed by atoms with Crippen LogP contribution in [-0.4, -0.2) is 24.9 Å². The predicted molar refractivity (Wildman–Crippen MR) is 124 cm³/mol. The maximum absolute atomic E-state index is 13.0. The van der Waals surface area contributed by atoms with Gasteiger partial charge in [0.2, 0.25) is 0 Å². The molecule has 2 amide bonds. The minimum absolute atomic E-state index is 0.138. The van der Waals surface area contributed by atoms with E-state index in [1.54, 1.807) is 31.2 Å². The molecule has 0 bridgehead atoms. The Kier molecular flexibility index (Phi) is 6.77. The van der Waals surface area contributed by atoms with Gasteiger partial charge in [-0.3, -0.25) is 9.59 Å². The molecule has 31 heavy (non-hydrogen) atoms. The number of hydrogen-bond donors (Lipinski definition) is 2. The first-order valence-corrected chi connectivity index (χ1v) is 10.6. The molecule has 0 spiro atoms. The van der Waals surface area contributed by atoms with Crippen LogP contribution in [0.15, 0.2) is 42.5 Å². The number of benzene rings is 2. The van der Waals surface area contributed by atoms with Gasteiger partial charge in [-0.1, -0.05) is 35.9 Å². The summed E-state index contributed by atoms with van der Waals surface area (Å²) in [4.78, 5) is 38.4. The van der Waals surface area contributed by atoms with E-state index in [9.17, 15) is 14.4 Å². The van der Waals surface area contributed by atoms with Crippen molar-refractivity contribution in [2.45, 2.75) is 20.8 Å². The summed E-state index contributed by atoms with van der Waals surface area (Å²) in [7, 11) is 1.24. The van der Waals surface area contributed by atoms with Crippen LogP contribution in [0.4, 0.5) is 10.7 Å². The van der Waals surface area contributed by atoms with E-state index in [-0.39, 0.29) is 27.1 Å². The second-order valence-electron chi connectivity index (χ2n) is 6.89. The van der Waals surface area contributed by atoms with Gasteiger partial charge in [0.1, 0.15) is 5.00 Å². The highest BCUT2D eigenvalue weighted by Crippen LogP contribution is 2.35. The third-order valence-electron chi connectivity index (χ3n) is 4.94. The van der Waals surface area contributed by atoms with Gasteiger partial charge in [-0.2, -0.15) is 0 Å². The van der Waals surface area contributed by atoms with E-state index in [0.717, 1.165) is 22.5 Å². The Morgan fingerprint density at radius 3 is 2.29 bits per heavy atom. The van der Waals surface area contributed by atoms with Gasteiger partial charge in [-0.15, -0.1) is 11.3 Å². The smallest absolute Gasteiger partial charge is 0.341 e. The molecule has 0 aliphatic carbocycles. The maximum Gasteiger partial charge on any atom is 0.341 e. The number of carbonyl (C=O) groups is 3. The van der Waals surface area contributed by atoms with Crippen LogP contribution < -0.4 is 10.6 Å². The van der Waals surface area contributed by atoms with Crippen molar-refractivity contribution in [1.29, 1.82) is 0 Å². The van der Waals surface area contributed by atoms with Crippen LogP contribution >= 0.6 is 22.9 Å². The van der Waals surface area contributed by atoms with E-state index in [2.05, 4.69) is 10.6 Å². The number of hydrogen-bond acceptors (Lipinski definition) is 5. The Hall–Kier alpha value is -3.16. The molecule has 0 aliphatic rings. The molecule has 3 rings (SSSR count). The number of amides is 2. The van der Waals surface area contributed by atoms with Crippen LogP contribution in [0.1, 0.15) is 47.1 Å². The van der Waals surface area contributed by atoms with Crippen molar-refractivity contribution in [2.24, 2.45) is 0 Å². The molecule has 6 nitrogen and oxygen atoms in total. The normalized spacial score (nSPS) is 10.5. The topological polar surface area (TPSA) is 84.5 Å². The largest absolute Gasteiger partial charge is 0.465 e. The second kappa shape index (κ2) is 9.32.